The Hall–Kier alpha value is -1.56. The van der Waals surface area contributed by atoms with Gasteiger partial charge in [-0.3, -0.25) is 0 Å². The molecule has 15 heavy (non-hydrogen) atoms. The van der Waals surface area contributed by atoms with Gasteiger partial charge in [0.25, 0.3) is 0 Å². The Morgan fingerprint density at radius 2 is 1.87 bits per heavy atom. The highest BCUT2D eigenvalue weighted by Crippen LogP contribution is 2.29. The normalized spacial score (nSPS) is 11.0. The second-order valence-electron chi connectivity index (χ2n) is 4.12. The summed E-state index contributed by atoms with van der Waals surface area (Å²) in [7, 11) is 1.55. The number of nitrogens with two attached hydrogens (primary N) is 1. The fraction of sp³-hybridized carbons (Fsp3) is 0.556. The average molecular weight is 211 g/mol. The highest BCUT2D eigenvalue weighted by molar-refractivity contribution is 5.63. The van der Waals surface area contributed by atoms with Gasteiger partial charge in [0.2, 0.25) is 5.75 Å². The Bertz CT molecular complexity index is 334. The standard InChI is InChI=1S/C9H17N5O/c1-9(2,3)13-7-6(15-4)8(14-10)12-5-11-7/h5H,10H2,1-4H3,(H2,11,12,13,14). The smallest absolute Gasteiger partial charge is 0.205 e. The van der Waals surface area contributed by atoms with Gasteiger partial charge in [-0.2, -0.15) is 0 Å². The molecule has 0 aliphatic heterocycles. The molecule has 0 saturated heterocycles. The van der Waals surface area contributed by atoms with Gasteiger partial charge in [-0.25, -0.2) is 15.8 Å². The quantitative estimate of drug-likeness (QED) is 0.510. The Morgan fingerprint density at radius 1 is 1.27 bits per heavy atom. The lowest BCUT2D eigenvalue weighted by Gasteiger charge is -2.23. The van der Waals surface area contributed by atoms with Gasteiger partial charge < -0.3 is 15.5 Å². The van der Waals surface area contributed by atoms with Crippen LogP contribution in [0.4, 0.5) is 11.6 Å². The molecule has 0 bridgehead atoms. The van der Waals surface area contributed by atoms with Crippen molar-refractivity contribution in [1.29, 1.82) is 0 Å². The zero-order chi connectivity index (χ0) is 11.5. The maximum absolute atomic E-state index is 5.31. The molecule has 0 aliphatic rings. The molecule has 0 spiro atoms. The maximum Gasteiger partial charge on any atom is 0.205 e. The summed E-state index contributed by atoms with van der Waals surface area (Å²) in [5.41, 5.74) is 2.35. The minimum absolute atomic E-state index is 0.104. The predicted molar refractivity (Wildman–Crippen MR) is 59.8 cm³/mol. The monoisotopic (exact) mass is 211 g/mol. The van der Waals surface area contributed by atoms with Crippen LogP contribution in [0, 0.1) is 0 Å². The van der Waals surface area contributed by atoms with Crippen molar-refractivity contribution in [3.8, 4) is 5.75 Å². The summed E-state index contributed by atoms with van der Waals surface area (Å²) < 4.78 is 5.18. The summed E-state index contributed by atoms with van der Waals surface area (Å²) in [4.78, 5) is 8.05. The lowest BCUT2D eigenvalue weighted by atomic mass is 10.1. The van der Waals surface area contributed by atoms with Crippen LogP contribution in [-0.4, -0.2) is 22.6 Å². The molecular formula is C9H17N5O. The van der Waals surface area contributed by atoms with E-state index in [2.05, 4.69) is 20.7 Å². The van der Waals surface area contributed by atoms with Gasteiger partial charge in [0.05, 0.1) is 7.11 Å². The minimum atomic E-state index is -0.104. The van der Waals surface area contributed by atoms with E-state index in [0.29, 0.717) is 17.4 Å². The lowest BCUT2D eigenvalue weighted by Crippen LogP contribution is -2.27. The Balaban J connectivity index is 3.06. The first-order valence-electron chi connectivity index (χ1n) is 4.61. The number of nitrogen functional groups attached to an aromatic ring is 1. The average Bonchev–Trinajstić information content (AvgIpc) is 2.15. The van der Waals surface area contributed by atoms with Crippen LogP contribution in [0.1, 0.15) is 20.8 Å². The molecule has 84 valence electrons. The zero-order valence-corrected chi connectivity index (χ0v) is 9.46. The second-order valence-corrected chi connectivity index (χ2v) is 4.12. The minimum Gasteiger partial charge on any atom is -0.490 e. The van der Waals surface area contributed by atoms with E-state index in [1.807, 2.05) is 20.8 Å². The third-order valence-electron chi connectivity index (χ3n) is 1.64. The molecule has 6 nitrogen and oxygen atoms in total. The molecule has 0 aromatic carbocycles. The van der Waals surface area contributed by atoms with Gasteiger partial charge in [0.1, 0.15) is 6.33 Å². The molecule has 6 heteroatoms. The van der Waals surface area contributed by atoms with Crippen molar-refractivity contribution in [3.63, 3.8) is 0 Å². The molecule has 1 aromatic heterocycles. The van der Waals surface area contributed by atoms with Crippen LogP contribution in [0.5, 0.6) is 5.75 Å². The zero-order valence-electron chi connectivity index (χ0n) is 9.46. The Kier molecular flexibility index (Phi) is 3.31. The summed E-state index contributed by atoms with van der Waals surface area (Å²) in [5, 5.41) is 3.20. The van der Waals surface area contributed by atoms with Gasteiger partial charge in [-0.05, 0) is 20.8 Å². The van der Waals surface area contributed by atoms with E-state index in [0.717, 1.165) is 0 Å². The molecule has 0 unspecified atom stereocenters. The van der Waals surface area contributed by atoms with Crippen molar-refractivity contribution in [2.45, 2.75) is 26.3 Å². The van der Waals surface area contributed by atoms with Crippen LogP contribution >= 0.6 is 0 Å². The molecule has 0 saturated carbocycles. The SMILES string of the molecule is COc1c(NN)ncnc1NC(C)(C)C. The summed E-state index contributed by atoms with van der Waals surface area (Å²) in [6.45, 7) is 6.10. The first-order chi connectivity index (χ1) is 6.98. The number of rotatable bonds is 3. The highest BCUT2D eigenvalue weighted by atomic mass is 16.5. The van der Waals surface area contributed by atoms with Crippen molar-refractivity contribution < 1.29 is 4.74 Å². The fourth-order valence-corrected chi connectivity index (χ4v) is 1.11. The van der Waals surface area contributed by atoms with Crippen molar-refractivity contribution in [3.05, 3.63) is 6.33 Å². The third-order valence-corrected chi connectivity index (χ3v) is 1.64. The summed E-state index contributed by atoms with van der Waals surface area (Å²) in [6.07, 6.45) is 1.42. The predicted octanol–water partition coefficient (Wildman–Crippen LogP) is 0.981. The summed E-state index contributed by atoms with van der Waals surface area (Å²) >= 11 is 0. The number of anilines is 2. The molecule has 4 N–H and O–H groups in total. The third kappa shape index (κ3) is 2.95. The number of hydrazine groups is 1. The molecule has 0 fully saturated rings. The molecule has 0 amide bonds. The van der Waals surface area contributed by atoms with Gasteiger partial charge in [-0.15, -0.1) is 0 Å². The Morgan fingerprint density at radius 3 is 2.33 bits per heavy atom. The molecule has 1 rings (SSSR count). The van der Waals surface area contributed by atoms with E-state index in [9.17, 15) is 0 Å². The van der Waals surface area contributed by atoms with Gasteiger partial charge in [0.15, 0.2) is 11.6 Å². The molecule has 0 aliphatic carbocycles. The molecule has 0 radical (unpaired) electrons. The first-order valence-corrected chi connectivity index (χ1v) is 4.61. The second kappa shape index (κ2) is 4.31. The number of ether oxygens (including phenoxy) is 1. The first kappa shape index (κ1) is 11.5. The van der Waals surface area contributed by atoms with Crippen LogP contribution in [0.2, 0.25) is 0 Å². The molecule has 1 aromatic rings. The van der Waals surface area contributed by atoms with E-state index < -0.39 is 0 Å². The number of nitrogens with one attached hydrogen (secondary N) is 2. The summed E-state index contributed by atoms with van der Waals surface area (Å²) in [5.74, 6) is 6.90. The van der Waals surface area contributed by atoms with Gasteiger partial charge in [-0.1, -0.05) is 0 Å². The van der Waals surface area contributed by atoms with E-state index in [1.54, 1.807) is 7.11 Å². The van der Waals surface area contributed by atoms with Crippen molar-refractivity contribution in [1.82, 2.24) is 9.97 Å². The topological polar surface area (TPSA) is 85.1 Å². The van der Waals surface area contributed by atoms with Crippen molar-refractivity contribution >= 4 is 11.6 Å². The van der Waals surface area contributed by atoms with Crippen LogP contribution in [0.3, 0.4) is 0 Å². The van der Waals surface area contributed by atoms with Gasteiger partial charge >= 0.3 is 0 Å². The van der Waals surface area contributed by atoms with Crippen LogP contribution in [-0.2, 0) is 0 Å². The maximum atomic E-state index is 5.31. The number of aromatic nitrogens is 2. The largest absolute Gasteiger partial charge is 0.490 e. The Labute approximate surface area is 89.2 Å². The summed E-state index contributed by atoms with van der Waals surface area (Å²) in [6, 6.07) is 0. The number of hydrogen-bond acceptors (Lipinski definition) is 6. The van der Waals surface area contributed by atoms with Crippen LogP contribution < -0.4 is 21.3 Å². The van der Waals surface area contributed by atoms with E-state index in [4.69, 9.17) is 10.6 Å². The van der Waals surface area contributed by atoms with Crippen LogP contribution in [0.15, 0.2) is 6.33 Å². The molecule has 1 heterocycles. The highest BCUT2D eigenvalue weighted by Gasteiger charge is 2.16. The molecular weight excluding hydrogens is 194 g/mol. The van der Waals surface area contributed by atoms with E-state index in [1.165, 1.54) is 6.33 Å². The van der Waals surface area contributed by atoms with E-state index >= 15 is 0 Å². The molecule has 0 atom stereocenters. The van der Waals surface area contributed by atoms with Crippen LogP contribution in [0.25, 0.3) is 0 Å². The van der Waals surface area contributed by atoms with Crippen molar-refractivity contribution in [2.75, 3.05) is 17.9 Å². The number of methoxy groups -OCH3 is 1. The lowest BCUT2D eigenvalue weighted by molar-refractivity contribution is 0.413. The van der Waals surface area contributed by atoms with E-state index in [-0.39, 0.29) is 5.54 Å². The number of hydrogen-bond donors (Lipinski definition) is 3. The number of nitrogens with zero attached hydrogens (tertiary/aromatic N) is 2. The van der Waals surface area contributed by atoms with Gasteiger partial charge in [0, 0.05) is 5.54 Å². The van der Waals surface area contributed by atoms with Crippen molar-refractivity contribution in [2.24, 2.45) is 5.84 Å². The fourth-order valence-electron chi connectivity index (χ4n) is 1.11.